The normalized spacial score (nSPS) is 21.9. The van der Waals surface area contributed by atoms with Gasteiger partial charge >= 0.3 is 0 Å². The number of benzene rings is 2. The molecule has 1 aliphatic heterocycles. The number of nitrogens with one attached hydrogen (secondary N) is 1. The van der Waals surface area contributed by atoms with E-state index in [1.165, 1.54) is 36.2 Å². The van der Waals surface area contributed by atoms with Crippen LogP contribution in [0.15, 0.2) is 47.4 Å². The number of rotatable bonds is 8. The number of carbonyl (C=O) groups is 1. The van der Waals surface area contributed by atoms with Crippen LogP contribution in [0, 0.1) is 11.7 Å². The van der Waals surface area contributed by atoms with Crippen molar-refractivity contribution in [2.45, 2.75) is 63.2 Å². The van der Waals surface area contributed by atoms with Crippen LogP contribution >= 0.6 is 0 Å². The predicted octanol–water partition coefficient (Wildman–Crippen LogP) is 3.31. The highest BCUT2D eigenvalue weighted by molar-refractivity contribution is 7.92. The molecule has 0 bridgehead atoms. The van der Waals surface area contributed by atoms with Crippen LogP contribution in [-0.2, 0) is 24.8 Å². The number of ether oxygens (including phenoxy) is 2. The van der Waals surface area contributed by atoms with Crippen molar-refractivity contribution < 1.29 is 40.6 Å². The van der Waals surface area contributed by atoms with E-state index in [4.69, 9.17) is 9.47 Å². The number of anilines is 1. The van der Waals surface area contributed by atoms with Crippen LogP contribution in [-0.4, -0.2) is 94.9 Å². The summed E-state index contributed by atoms with van der Waals surface area (Å²) in [5.74, 6) is -1.15. The third-order valence-corrected chi connectivity index (χ3v) is 9.76. The standard InChI is InChI=1S/C29H42FN3O8S2/c1-20-17-33(21(2)19-34)29(35)26-16-24(31-42(5,36)37)11-14-27(26)41-22(3)8-6-7-15-40-28(20)18-32(4)43(38,39)25-12-9-23(30)10-13-25/h9-14,16,20-22,28,31,34H,6-8,15,17-19H2,1-5H3/t20-,21-,22+,28+/m0/s1. The van der Waals surface area contributed by atoms with Gasteiger partial charge in [-0.1, -0.05) is 6.92 Å². The highest BCUT2D eigenvalue weighted by Gasteiger charge is 2.32. The van der Waals surface area contributed by atoms with Gasteiger partial charge < -0.3 is 19.5 Å². The summed E-state index contributed by atoms with van der Waals surface area (Å²) >= 11 is 0. The maximum atomic E-state index is 14.1. The van der Waals surface area contributed by atoms with E-state index in [-0.39, 0.29) is 47.7 Å². The molecule has 0 aromatic heterocycles. The zero-order chi connectivity index (χ0) is 31.9. The van der Waals surface area contributed by atoms with Gasteiger partial charge in [0, 0.05) is 38.3 Å². The Balaban J connectivity index is 1.98. The van der Waals surface area contributed by atoms with Crippen LogP contribution < -0.4 is 9.46 Å². The third-order valence-electron chi connectivity index (χ3n) is 7.31. The van der Waals surface area contributed by atoms with Crippen molar-refractivity contribution in [2.75, 3.05) is 44.3 Å². The molecule has 3 rings (SSSR count). The number of likely N-dealkylation sites (N-methyl/N-ethyl adjacent to an activating group) is 1. The van der Waals surface area contributed by atoms with Crippen molar-refractivity contribution in [1.29, 1.82) is 0 Å². The smallest absolute Gasteiger partial charge is 0.258 e. The molecule has 1 heterocycles. The Morgan fingerprint density at radius 1 is 1.12 bits per heavy atom. The van der Waals surface area contributed by atoms with Gasteiger partial charge in [0.25, 0.3) is 5.91 Å². The number of carbonyl (C=O) groups excluding carboxylic acids is 1. The van der Waals surface area contributed by atoms with E-state index in [0.717, 1.165) is 29.1 Å². The van der Waals surface area contributed by atoms with Crippen molar-refractivity contribution in [1.82, 2.24) is 9.21 Å². The van der Waals surface area contributed by atoms with E-state index < -0.39 is 49.8 Å². The molecule has 240 valence electrons. The fourth-order valence-corrected chi connectivity index (χ4v) is 6.54. The molecule has 0 saturated heterocycles. The fourth-order valence-electron chi connectivity index (χ4n) is 4.80. The van der Waals surface area contributed by atoms with E-state index in [1.54, 1.807) is 13.0 Å². The maximum absolute atomic E-state index is 14.1. The largest absolute Gasteiger partial charge is 0.490 e. The van der Waals surface area contributed by atoms with Gasteiger partial charge in [0.05, 0.1) is 41.6 Å². The number of nitrogens with zero attached hydrogens (tertiary/aromatic N) is 2. The van der Waals surface area contributed by atoms with Crippen LogP contribution in [0.5, 0.6) is 5.75 Å². The van der Waals surface area contributed by atoms with Gasteiger partial charge in [-0.2, -0.15) is 4.31 Å². The van der Waals surface area contributed by atoms with Crippen molar-refractivity contribution in [3.63, 3.8) is 0 Å². The fraction of sp³-hybridized carbons (Fsp3) is 0.552. The van der Waals surface area contributed by atoms with E-state index >= 15 is 0 Å². The SMILES string of the molecule is C[C@@H]1CCCCO[C@H](CN(C)S(=O)(=O)c2ccc(F)cc2)[C@@H](C)CN([C@@H](C)CO)C(=O)c2cc(NS(C)(=O)=O)ccc2O1. The molecule has 1 amide bonds. The summed E-state index contributed by atoms with van der Waals surface area (Å²) in [5, 5.41) is 10.1. The average molecular weight is 644 g/mol. The number of sulfonamides is 2. The molecular formula is C29H42FN3O8S2. The molecule has 11 nitrogen and oxygen atoms in total. The van der Waals surface area contributed by atoms with E-state index in [2.05, 4.69) is 4.72 Å². The van der Waals surface area contributed by atoms with Gasteiger partial charge in [-0.3, -0.25) is 9.52 Å². The van der Waals surface area contributed by atoms with Crippen molar-refractivity contribution in [2.24, 2.45) is 5.92 Å². The second kappa shape index (κ2) is 14.8. The Labute approximate surface area is 254 Å². The Morgan fingerprint density at radius 2 is 1.79 bits per heavy atom. The summed E-state index contributed by atoms with van der Waals surface area (Å²) in [5.41, 5.74) is 0.309. The van der Waals surface area contributed by atoms with E-state index in [1.807, 2.05) is 13.8 Å². The average Bonchev–Trinajstić information content (AvgIpc) is 2.93. The molecule has 0 spiro atoms. The molecule has 14 heteroatoms. The maximum Gasteiger partial charge on any atom is 0.258 e. The van der Waals surface area contributed by atoms with Gasteiger partial charge in [-0.05, 0) is 75.6 Å². The molecule has 4 atom stereocenters. The highest BCUT2D eigenvalue weighted by Crippen LogP contribution is 2.29. The van der Waals surface area contributed by atoms with Crippen molar-refractivity contribution >= 4 is 31.6 Å². The summed E-state index contributed by atoms with van der Waals surface area (Å²) in [6, 6.07) is 8.42. The van der Waals surface area contributed by atoms with Crippen LogP contribution in [0.1, 0.15) is 50.4 Å². The lowest BCUT2D eigenvalue weighted by Crippen LogP contribution is -2.48. The number of fused-ring (bicyclic) bond motifs is 1. The summed E-state index contributed by atoms with van der Waals surface area (Å²) in [7, 11) is -6.16. The summed E-state index contributed by atoms with van der Waals surface area (Å²) in [6.07, 6.45) is 2.19. The Morgan fingerprint density at radius 3 is 2.42 bits per heavy atom. The Kier molecular flexibility index (Phi) is 11.9. The number of halogens is 1. The molecule has 0 aliphatic carbocycles. The van der Waals surface area contributed by atoms with E-state index in [0.29, 0.717) is 19.4 Å². The van der Waals surface area contributed by atoms with Gasteiger partial charge in [-0.25, -0.2) is 21.2 Å². The monoisotopic (exact) mass is 643 g/mol. The first-order chi connectivity index (χ1) is 20.1. The Bertz CT molecular complexity index is 1450. The lowest BCUT2D eigenvalue weighted by Gasteiger charge is -2.35. The molecule has 0 saturated carbocycles. The first-order valence-corrected chi connectivity index (χ1v) is 17.5. The number of amides is 1. The topological polar surface area (TPSA) is 143 Å². The first kappa shape index (κ1) is 34.7. The summed E-state index contributed by atoms with van der Waals surface area (Å²) in [6.45, 7) is 5.45. The van der Waals surface area contributed by atoms with Crippen molar-refractivity contribution in [3.8, 4) is 5.75 Å². The number of aliphatic hydroxyl groups excluding tert-OH is 1. The zero-order valence-corrected chi connectivity index (χ0v) is 26.8. The number of hydrogen-bond acceptors (Lipinski definition) is 8. The number of hydrogen-bond donors (Lipinski definition) is 2. The van der Waals surface area contributed by atoms with Gasteiger partial charge in [0.2, 0.25) is 20.0 Å². The molecule has 43 heavy (non-hydrogen) atoms. The lowest BCUT2D eigenvalue weighted by molar-refractivity contribution is -0.00833. The molecule has 2 aromatic rings. The Hall–Kier alpha value is -2.78. The molecule has 0 unspecified atom stereocenters. The quantitative estimate of drug-likeness (QED) is 0.446. The molecule has 0 radical (unpaired) electrons. The van der Waals surface area contributed by atoms with Gasteiger partial charge in [0.15, 0.2) is 0 Å². The third kappa shape index (κ3) is 9.60. The molecule has 0 fully saturated rings. The lowest BCUT2D eigenvalue weighted by atomic mass is 10.0. The van der Waals surface area contributed by atoms with Crippen LogP contribution in [0.3, 0.4) is 0 Å². The molecular weight excluding hydrogens is 601 g/mol. The molecule has 2 aromatic carbocycles. The van der Waals surface area contributed by atoms with Crippen LogP contribution in [0.25, 0.3) is 0 Å². The second-order valence-corrected chi connectivity index (χ2v) is 14.9. The predicted molar refractivity (Wildman–Crippen MR) is 162 cm³/mol. The molecule has 1 aliphatic rings. The first-order valence-electron chi connectivity index (χ1n) is 14.2. The molecule has 2 N–H and O–H groups in total. The van der Waals surface area contributed by atoms with E-state index in [9.17, 15) is 31.1 Å². The van der Waals surface area contributed by atoms with Crippen LogP contribution in [0.4, 0.5) is 10.1 Å². The number of aliphatic hydroxyl groups is 1. The minimum Gasteiger partial charge on any atom is -0.490 e. The second-order valence-electron chi connectivity index (χ2n) is 11.1. The van der Waals surface area contributed by atoms with Crippen LogP contribution in [0.2, 0.25) is 0 Å². The minimum absolute atomic E-state index is 0.0328. The van der Waals surface area contributed by atoms with Crippen molar-refractivity contribution in [3.05, 3.63) is 53.8 Å². The highest BCUT2D eigenvalue weighted by atomic mass is 32.2. The summed E-state index contributed by atoms with van der Waals surface area (Å²) < 4.78 is 79.6. The zero-order valence-electron chi connectivity index (χ0n) is 25.2. The van der Waals surface area contributed by atoms with Gasteiger partial charge in [-0.15, -0.1) is 0 Å². The summed E-state index contributed by atoms with van der Waals surface area (Å²) in [4.78, 5) is 15.5. The minimum atomic E-state index is -3.96. The van der Waals surface area contributed by atoms with Gasteiger partial charge in [0.1, 0.15) is 11.6 Å².